The number of hydrogen-bond donors (Lipinski definition) is 0. The fourth-order valence-corrected chi connectivity index (χ4v) is 8.53. The molecule has 0 atom stereocenters. The van der Waals surface area contributed by atoms with Crippen LogP contribution in [0.5, 0.6) is 0 Å². The van der Waals surface area contributed by atoms with Gasteiger partial charge in [-0.25, -0.2) is 0 Å². The van der Waals surface area contributed by atoms with Crippen molar-refractivity contribution in [1.82, 2.24) is 0 Å². The Hall–Kier alpha value is -5.46. The third kappa shape index (κ3) is 8.82. The van der Waals surface area contributed by atoms with E-state index in [2.05, 4.69) is 202 Å². The summed E-state index contributed by atoms with van der Waals surface area (Å²) in [7, 11) is 0. The molecule has 5 aromatic rings. The largest absolute Gasteiger partial charge is 0.0984 e. The summed E-state index contributed by atoms with van der Waals surface area (Å²) < 4.78 is 0. The van der Waals surface area contributed by atoms with Gasteiger partial charge in [0.1, 0.15) is 0 Å². The molecule has 6 rings (SSSR count). The van der Waals surface area contributed by atoms with Crippen molar-refractivity contribution in [1.29, 1.82) is 0 Å². The van der Waals surface area contributed by atoms with Gasteiger partial charge in [0.05, 0.1) is 0 Å². The zero-order valence-corrected chi connectivity index (χ0v) is 35.1. The molecule has 0 aliphatic heterocycles. The molecule has 0 heteroatoms. The normalized spacial score (nSPS) is 14.6. The lowest BCUT2D eigenvalue weighted by Gasteiger charge is -2.22. The second-order valence-corrected chi connectivity index (χ2v) is 16.3. The number of rotatable bonds is 14. The topological polar surface area (TPSA) is 0 Å². The molecular weight excluding hydrogens is 673 g/mol. The highest BCUT2D eigenvalue weighted by Crippen LogP contribution is 2.49. The van der Waals surface area contributed by atoms with E-state index in [0.717, 1.165) is 37.7 Å². The summed E-state index contributed by atoms with van der Waals surface area (Å²) in [6.45, 7) is 22.6. The van der Waals surface area contributed by atoms with Crippen molar-refractivity contribution in [3.63, 3.8) is 0 Å². The molecule has 0 N–H and O–H groups in total. The van der Waals surface area contributed by atoms with Crippen molar-refractivity contribution < 1.29 is 0 Å². The van der Waals surface area contributed by atoms with Crippen molar-refractivity contribution in [2.75, 3.05) is 0 Å². The molecule has 0 unspecified atom stereocenters. The highest BCUT2D eigenvalue weighted by Gasteiger charge is 2.35. The summed E-state index contributed by atoms with van der Waals surface area (Å²) in [4.78, 5) is 0. The van der Waals surface area contributed by atoms with Crippen molar-refractivity contribution in [2.45, 2.75) is 92.9 Å². The van der Waals surface area contributed by atoms with Crippen LogP contribution in [0.25, 0.3) is 33.4 Å². The van der Waals surface area contributed by atoms with E-state index in [0.29, 0.717) is 0 Å². The molecule has 1 aliphatic rings. The molecule has 284 valence electrons. The molecule has 5 aromatic carbocycles. The van der Waals surface area contributed by atoms with Gasteiger partial charge in [-0.1, -0.05) is 190 Å². The van der Waals surface area contributed by atoms with Crippen LogP contribution in [0.3, 0.4) is 0 Å². The molecule has 0 saturated heterocycles. The molecule has 0 aromatic heterocycles. The van der Waals surface area contributed by atoms with Gasteiger partial charge >= 0.3 is 0 Å². The van der Waals surface area contributed by atoms with Crippen LogP contribution in [0.4, 0.5) is 0 Å². The maximum Gasteiger partial charge on any atom is 0.0159 e. The average Bonchev–Trinajstić information content (AvgIpc) is 3.43. The maximum absolute atomic E-state index is 4.25. The number of benzene rings is 5. The zero-order chi connectivity index (χ0) is 39.8. The SMILES string of the molecule is C=C/C(=C\C=C(\C)C/C(C)=C(C)/C(=C(\C)CCC)c1ccccc1C/C=C\C)c1ccc2c(c1)C(C)(C)c1cc(Cc3ccc(-c4ccccc4)cc3)ccc1-2. The maximum atomic E-state index is 4.25. The predicted molar refractivity (Wildman–Crippen MR) is 246 cm³/mol. The number of allylic oxidation sites excluding steroid dienone is 11. The summed E-state index contributed by atoms with van der Waals surface area (Å²) in [5, 5.41) is 0. The van der Waals surface area contributed by atoms with Crippen LogP contribution in [-0.2, 0) is 18.3 Å². The molecule has 0 amide bonds. The van der Waals surface area contributed by atoms with Crippen molar-refractivity contribution >= 4 is 11.1 Å². The fourth-order valence-electron chi connectivity index (χ4n) is 8.53. The molecule has 1 aliphatic carbocycles. The molecule has 0 bridgehead atoms. The minimum atomic E-state index is -0.0993. The quantitative estimate of drug-likeness (QED) is 0.0788. The smallest absolute Gasteiger partial charge is 0.0159 e. The minimum absolute atomic E-state index is 0.0993. The van der Waals surface area contributed by atoms with Gasteiger partial charge in [-0.2, -0.15) is 0 Å². The van der Waals surface area contributed by atoms with Gasteiger partial charge in [0.2, 0.25) is 0 Å². The molecule has 0 nitrogen and oxygen atoms in total. The van der Waals surface area contributed by atoms with Gasteiger partial charge in [-0.3, -0.25) is 0 Å². The highest BCUT2D eigenvalue weighted by atomic mass is 14.4. The predicted octanol–water partition coefficient (Wildman–Crippen LogP) is 15.9. The summed E-state index contributed by atoms with van der Waals surface area (Å²) >= 11 is 0. The molecule has 0 heterocycles. The molecular formula is C56H60. The lowest BCUT2D eigenvalue weighted by molar-refractivity contribution is 0.659. The lowest BCUT2D eigenvalue weighted by Crippen LogP contribution is -2.15. The van der Waals surface area contributed by atoms with Gasteiger partial charge in [-0.15, -0.1) is 0 Å². The Morgan fingerprint density at radius 3 is 2.02 bits per heavy atom. The molecule has 0 radical (unpaired) electrons. The van der Waals surface area contributed by atoms with E-state index in [-0.39, 0.29) is 5.41 Å². The first kappa shape index (κ1) is 40.2. The van der Waals surface area contributed by atoms with E-state index in [4.69, 9.17) is 0 Å². The first-order valence-corrected chi connectivity index (χ1v) is 20.5. The van der Waals surface area contributed by atoms with E-state index in [1.165, 1.54) is 89.1 Å². The summed E-state index contributed by atoms with van der Waals surface area (Å²) in [6, 6.07) is 42.7. The van der Waals surface area contributed by atoms with E-state index in [1.54, 1.807) is 0 Å². The molecule has 0 spiro atoms. The van der Waals surface area contributed by atoms with Crippen LogP contribution < -0.4 is 0 Å². The van der Waals surface area contributed by atoms with Crippen LogP contribution in [0, 0.1) is 0 Å². The Bertz CT molecular complexity index is 2350. The van der Waals surface area contributed by atoms with Crippen LogP contribution in [0.2, 0.25) is 0 Å². The van der Waals surface area contributed by atoms with Crippen molar-refractivity contribution in [3.8, 4) is 22.3 Å². The Balaban J connectivity index is 1.22. The van der Waals surface area contributed by atoms with Crippen LogP contribution in [0.1, 0.15) is 114 Å². The first-order chi connectivity index (χ1) is 27.0. The van der Waals surface area contributed by atoms with Crippen LogP contribution in [-0.4, -0.2) is 0 Å². The second-order valence-electron chi connectivity index (χ2n) is 16.3. The van der Waals surface area contributed by atoms with E-state index < -0.39 is 0 Å². The van der Waals surface area contributed by atoms with Crippen LogP contribution >= 0.6 is 0 Å². The van der Waals surface area contributed by atoms with E-state index in [1.807, 2.05) is 6.08 Å². The monoisotopic (exact) mass is 732 g/mol. The van der Waals surface area contributed by atoms with E-state index >= 15 is 0 Å². The Morgan fingerprint density at radius 2 is 1.32 bits per heavy atom. The zero-order valence-electron chi connectivity index (χ0n) is 35.1. The van der Waals surface area contributed by atoms with Gasteiger partial charge < -0.3 is 0 Å². The molecule has 56 heavy (non-hydrogen) atoms. The van der Waals surface area contributed by atoms with Gasteiger partial charge in [0, 0.05) is 5.41 Å². The van der Waals surface area contributed by atoms with Crippen molar-refractivity contribution in [3.05, 3.63) is 213 Å². The van der Waals surface area contributed by atoms with E-state index in [9.17, 15) is 0 Å². The standard InChI is InChI=1S/C56H60/c1-10-13-20-48-23-17-18-24-50(48)55(40(5)19-11-2)42(7)41(6)35-39(4)25-29-45(12-3)49-32-34-52-51-33-28-44(37-53(51)56(8,9)54(52)38-49)36-43-26-30-47(31-27-43)46-21-15-14-16-22-46/h10,12-18,21-34,37-38H,3,11,19-20,35-36H2,1-2,4-9H3/b13-10-,39-25-,42-41+,45-29+,55-40-. The van der Waals surface area contributed by atoms with Crippen molar-refractivity contribution in [2.24, 2.45) is 0 Å². The van der Waals surface area contributed by atoms with Gasteiger partial charge in [-0.05, 0) is 144 Å². The molecule has 0 saturated carbocycles. The summed E-state index contributed by atoms with van der Waals surface area (Å²) in [5.74, 6) is 0. The highest BCUT2D eigenvalue weighted by molar-refractivity contribution is 5.85. The summed E-state index contributed by atoms with van der Waals surface area (Å²) in [6.07, 6.45) is 16.0. The molecule has 0 fully saturated rings. The second kappa shape index (κ2) is 18.0. The average molecular weight is 733 g/mol. The Labute approximate surface area is 338 Å². The number of hydrogen-bond acceptors (Lipinski definition) is 0. The summed E-state index contributed by atoms with van der Waals surface area (Å²) in [5.41, 5.74) is 22.8. The lowest BCUT2D eigenvalue weighted by atomic mass is 9.81. The number of fused-ring (bicyclic) bond motifs is 3. The first-order valence-electron chi connectivity index (χ1n) is 20.5. The Morgan fingerprint density at radius 1 is 0.679 bits per heavy atom. The van der Waals surface area contributed by atoms with Gasteiger partial charge in [0.15, 0.2) is 0 Å². The minimum Gasteiger partial charge on any atom is -0.0984 e. The third-order valence-electron chi connectivity index (χ3n) is 11.8. The fraction of sp³-hybridized carbons (Fsp3) is 0.250. The Kier molecular flexibility index (Phi) is 12.9. The van der Waals surface area contributed by atoms with Gasteiger partial charge in [0.25, 0.3) is 0 Å². The van der Waals surface area contributed by atoms with Crippen LogP contribution in [0.15, 0.2) is 175 Å². The third-order valence-corrected chi connectivity index (χ3v) is 11.8.